The molecule has 0 saturated carbocycles. The van der Waals surface area contributed by atoms with Crippen molar-refractivity contribution in [1.82, 2.24) is 0 Å². The van der Waals surface area contributed by atoms with Crippen LogP contribution in [0.15, 0.2) is 53.9 Å². The molecule has 3 rings (SSSR count). The van der Waals surface area contributed by atoms with Gasteiger partial charge in [0.25, 0.3) is 0 Å². The third kappa shape index (κ3) is 2.60. The zero-order chi connectivity index (χ0) is 11.7. The van der Waals surface area contributed by atoms with E-state index >= 15 is 0 Å². The van der Waals surface area contributed by atoms with Crippen LogP contribution in [-0.2, 0) is 11.8 Å². The average Bonchev–Trinajstić information content (AvgIpc) is 2.37. The minimum atomic E-state index is -1.35. The standard InChI is InChI=1S/C12H12P2S3/c15-14(12-9-5-2-6-10-12)16-13(17-14)11-7-3-1-4-8-11/h2-3,5-10H,1,4H2. The minimum Gasteiger partial charge on any atom is -0.0835 e. The third-order valence-electron chi connectivity index (χ3n) is 2.62. The van der Waals surface area contributed by atoms with Crippen molar-refractivity contribution in [3.05, 3.63) is 53.9 Å². The van der Waals surface area contributed by atoms with Crippen LogP contribution in [0.3, 0.4) is 0 Å². The van der Waals surface area contributed by atoms with E-state index in [0.29, 0.717) is 0 Å². The molecule has 0 aromatic heterocycles. The highest BCUT2D eigenvalue weighted by molar-refractivity contribution is 9.42. The smallest absolute Gasteiger partial charge is 0.0835 e. The van der Waals surface area contributed by atoms with Crippen molar-refractivity contribution in [2.45, 2.75) is 12.8 Å². The van der Waals surface area contributed by atoms with Crippen molar-refractivity contribution >= 4 is 49.9 Å². The van der Waals surface area contributed by atoms with Crippen LogP contribution in [0.1, 0.15) is 12.8 Å². The number of rotatable bonds is 2. The largest absolute Gasteiger partial charge is 0.0952 e. The molecule has 0 radical (unpaired) electrons. The van der Waals surface area contributed by atoms with Gasteiger partial charge in [0.15, 0.2) is 0 Å². The first-order valence-corrected chi connectivity index (χ1v) is 13.7. The van der Waals surface area contributed by atoms with E-state index in [-0.39, 0.29) is 6.33 Å². The highest BCUT2D eigenvalue weighted by Gasteiger charge is 2.40. The number of benzene rings is 1. The van der Waals surface area contributed by atoms with E-state index in [9.17, 15) is 0 Å². The van der Waals surface area contributed by atoms with Crippen LogP contribution in [0, 0.1) is 0 Å². The minimum absolute atomic E-state index is 0.0746. The predicted molar refractivity (Wildman–Crippen MR) is 88.9 cm³/mol. The summed E-state index contributed by atoms with van der Waals surface area (Å²) in [6.07, 6.45) is 9.33. The second-order valence-electron chi connectivity index (χ2n) is 3.86. The molecule has 5 heteroatoms. The lowest BCUT2D eigenvalue weighted by Crippen LogP contribution is -2.01. The average molecular weight is 314 g/mol. The first kappa shape index (κ1) is 12.5. The molecular formula is C12H12P2S3. The van der Waals surface area contributed by atoms with Gasteiger partial charge in [-0.25, -0.2) is 0 Å². The maximum Gasteiger partial charge on any atom is 0.0952 e. The number of hydrogen-bond acceptors (Lipinski definition) is 3. The Morgan fingerprint density at radius 2 is 1.88 bits per heavy atom. The van der Waals surface area contributed by atoms with Gasteiger partial charge in [-0.05, 0) is 18.2 Å². The van der Waals surface area contributed by atoms with Crippen LogP contribution in [0.4, 0.5) is 0 Å². The summed E-state index contributed by atoms with van der Waals surface area (Å²) in [6.45, 7) is 0. The summed E-state index contributed by atoms with van der Waals surface area (Å²) in [5.41, 5.74) is 0. The number of allylic oxidation sites excluding steroid dienone is 4. The topological polar surface area (TPSA) is 0 Å². The van der Waals surface area contributed by atoms with E-state index in [1.165, 1.54) is 23.5 Å². The maximum absolute atomic E-state index is 5.85. The Balaban J connectivity index is 1.74. The summed E-state index contributed by atoms with van der Waals surface area (Å²) in [5, 5.41) is 2.92. The SMILES string of the molecule is S=P1(c2ccccc2)SP(C2=CCCC=C2)S1. The molecule has 1 fully saturated rings. The second kappa shape index (κ2) is 5.23. The van der Waals surface area contributed by atoms with Crippen molar-refractivity contribution in [3.8, 4) is 0 Å². The summed E-state index contributed by atoms with van der Waals surface area (Å²) < 4.78 is -1.35. The Labute approximate surface area is 116 Å². The Morgan fingerprint density at radius 1 is 1.12 bits per heavy atom. The lowest BCUT2D eigenvalue weighted by molar-refractivity contribution is 1.03. The zero-order valence-electron chi connectivity index (χ0n) is 9.15. The van der Waals surface area contributed by atoms with E-state index in [1.807, 2.05) is 0 Å². The molecule has 0 unspecified atom stereocenters. The van der Waals surface area contributed by atoms with Gasteiger partial charge in [-0.3, -0.25) is 0 Å². The molecule has 17 heavy (non-hydrogen) atoms. The molecule has 0 N–H and O–H groups in total. The van der Waals surface area contributed by atoms with Gasteiger partial charge in [0, 0.05) is 5.30 Å². The van der Waals surface area contributed by atoms with Gasteiger partial charge < -0.3 is 0 Å². The molecule has 1 aromatic carbocycles. The quantitative estimate of drug-likeness (QED) is 0.648. The van der Waals surface area contributed by atoms with Gasteiger partial charge in [0.05, 0.1) is 10.8 Å². The summed E-state index contributed by atoms with van der Waals surface area (Å²) in [4.78, 5) is 0. The lowest BCUT2D eigenvalue weighted by atomic mass is 10.2. The molecule has 0 atom stereocenters. The van der Waals surface area contributed by atoms with Gasteiger partial charge in [-0.1, -0.05) is 82.4 Å². The van der Waals surface area contributed by atoms with E-state index in [0.717, 1.165) is 0 Å². The third-order valence-corrected chi connectivity index (χ3v) is 27.7. The van der Waals surface area contributed by atoms with Gasteiger partial charge in [-0.15, -0.1) is 0 Å². The molecule has 0 bridgehead atoms. The van der Waals surface area contributed by atoms with Gasteiger partial charge in [-0.2, -0.15) is 0 Å². The van der Waals surface area contributed by atoms with Gasteiger partial charge >= 0.3 is 0 Å². The molecular weight excluding hydrogens is 302 g/mol. The molecule has 0 nitrogen and oxygen atoms in total. The highest BCUT2D eigenvalue weighted by Crippen LogP contribution is 3.02. The Kier molecular flexibility index (Phi) is 3.85. The van der Waals surface area contributed by atoms with Crippen LogP contribution in [0.2, 0.25) is 0 Å². The van der Waals surface area contributed by atoms with Crippen LogP contribution in [-0.4, -0.2) is 0 Å². The van der Waals surface area contributed by atoms with E-state index in [4.69, 9.17) is 11.8 Å². The fourth-order valence-electron chi connectivity index (χ4n) is 1.74. The fourth-order valence-corrected chi connectivity index (χ4v) is 27.9. The molecule has 2 aliphatic rings. The molecule has 1 heterocycles. The van der Waals surface area contributed by atoms with Gasteiger partial charge in [0.2, 0.25) is 0 Å². The molecule has 1 aromatic rings. The number of hydrogen-bond donors (Lipinski definition) is 0. The first-order valence-electron chi connectivity index (χ1n) is 5.50. The summed E-state index contributed by atoms with van der Waals surface area (Å²) in [7, 11) is 0. The Bertz CT molecular complexity index is 512. The Hall–Kier alpha value is 0.480. The summed E-state index contributed by atoms with van der Waals surface area (Å²) in [5.74, 6) is 0. The normalized spacial score (nSPS) is 31.8. The first-order chi connectivity index (χ1) is 8.28. The Morgan fingerprint density at radius 3 is 2.53 bits per heavy atom. The van der Waals surface area contributed by atoms with E-state index in [2.05, 4.69) is 70.6 Å². The van der Waals surface area contributed by atoms with Crippen LogP contribution in [0.25, 0.3) is 0 Å². The van der Waals surface area contributed by atoms with Crippen LogP contribution >= 0.6 is 32.8 Å². The molecule has 88 valence electrons. The zero-order valence-corrected chi connectivity index (χ0v) is 13.4. The summed E-state index contributed by atoms with van der Waals surface area (Å²) >= 11 is 9.99. The molecule has 1 aliphatic carbocycles. The van der Waals surface area contributed by atoms with Crippen LogP contribution in [0.5, 0.6) is 0 Å². The van der Waals surface area contributed by atoms with Crippen molar-refractivity contribution in [3.63, 3.8) is 0 Å². The summed E-state index contributed by atoms with van der Waals surface area (Å²) in [6, 6.07) is 10.7. The van der Waals surface area contributed by atoms with Crippen LogP contribution < -0.4 is 5.30 Å². The molecule has 0 spiro atoms. The molecule has 1 saturated heterocycles. The van der Waals surface area contributed by atoms with E-state index < -0.39 is 4.44 Å². The van der Waals surface area contributed by atoms with E-state index in [1.54, 1.807) is 0 Å². The monoisotopic (exact) mass is 314 g/mol. The van der Waals surface area contributed by atoms with Crippen molar-refractivity contribution in [2.75, 3.05) is 0 Å². The molecule has 0 amide bonds. The van der Waals surface area contributed by atoms with Crippen molar-refractivity contribution < 1.29 is 0 Å². The second-order valence-corrected chi connectivity index (χ2v) is 20.5. The molecule has 1 aliphatic heterocycles. The van der Waals surface area contributed by atoms with Crippen molar-refractivity contribution in [1.29, 1.82) is 0 Å². The highest BCUT2D eigenvalue weighted by atomic mass is 33.7. The predicted octanol–water partition coefficient (Wildman–Crippen LogP) is 5.65. The fraction of sp³-hybridized carbons (Fsp3) is 0.167. The lowest BCUT2D eigenvalue weighted by Gasteiger charge is -2.38. The maximum atomic E-state index is 5.85. The van der Waals surface area contributed by atoms with Gasteiger partial charge in [0.1, 0.15) is 0 Å². The van der Waals surface area contributed by atoms with Crippen molar-refractivity contribution in [2.24, 2.45) is 0 Å².